The number of nitrogens with one attached hydrogen (secondary N) is 1. The maximum atomic E-state index is 10.9. The van der Waals surface area contributed by atoms with Crippen LogP contribution in [0.15, 0.2) is 0 Å². The summed E-state index contributed by atoms with van der Waals surface area (Å²) in [6, 6.07) is 0. The van der Waals surface area contributed by atoms with Gasteiger partial charge in [0.1, 0.15) is 0 Å². The second-order valence-corrected chi connectivity index (χ2v) is 5.61. The molecule has 2 N–H and O–H groups in total. The van der Waals surface area contributed by atoms with Gasteiger partial charge in [-0.25, -0.2) is 4.79 Å². The molecule has 1 atom stereocenters. The van der Waals surface area contributed by atoms with Crippen LogP contribution in [-0.4, -0.2) is 48.2 Å². The van der Waals surface area contributed by atoms with Crippen molar-refractivity contribution in [1.29, 1.82) is 0 Å². The van der Waals surface area contributed by atoms with Crippen molar-refractivity contribution in [2.45, 2.75) is 33.6 Å². The zero-order valence-corrected chi connectivity index (χ0v) is 12.8. The highest BCUT2D eigenvalue weighted by molar-refractivity contribution is 7.45. The molecule has 0 aromatic rings. The van der Waals surface area contributed by atoms with Gasteiger partial charge in [-0.2, -0.15) is 0 Å². The Bertz CT molecular complexity index is 306. The first kappa shape index (κ1) is 18.4. The zero-order valence-electron chi connectivity index (χ0n) is 11.9. The summed E-state index contributed by atoms with van der Waals surface area (Å²) in [6.07, 6.45) is 0.538. The number of phosphoric ester groups is 1. The number of unbranched alkanes of at least 4 members (excludes halogenated alkanes) is 1. The Balaban J connectivity index is 3.81. The third-order valence-corrected chi connectivity index (χ3v) is 3.94. The maximum Gasteiger partial charge on any atom is 0.412 e. The van der Waals surface area contributed by atoms with Crippen LogP contribution in [0.3, 0.4) is 0 Å². The predicted octanol–water partition coefficient (Wildman–Crippen LogP) is 0.830. The van der Waals surface area contributed by atoms with E-state index >= 15 is 0 Å². The van der Waals surface area contributed by atoms with Crippen LogP contribution in [0.1, 0.15) is 33.6 Å². The van der Waals surface area contributed by atoms with Gasteiger partial charge in [0.15, 0.2) is 0 Å². The zero-order chi connectivity index (χ0) is 14.9. The van der Waals surface area contributed by atoms with Gasteiger partial charge in [0, 0.05) is 6.54 Å². The fraction of sp³-hybridized carbons (Fsp3) is 0.909. The number of hydrogen-bond donors (Lipinski definition) is 2. The van der Waals surface area contributed by atoms with Crippen LogP contribution in [0, 0.1) is 0 Å². The summed E-state index contributed by atoms with van der Waals surface area (Å²) < 4.78 is 15.1. The fourth-order valence-corrected chi connectivity index (χ4v) is 2.32. The predicted molar refractivity (Wildman–Crippen MR) is 70.3 cm³/mol. The molecule has 0 spiro atoms. The highest BCUT2D eigenvalue weighted by Crippen LogP contribution is 2.29. The van der Waals surface area contributed by atoms with E-state index in [0.29, 0.717) is 6.54 Å². The molecule has 0 heterocycles. The molecule has 1 amide bonds. The molecule has 19 heavy (non-hydrogen) atoms. The lowest BCUT2D eigenvalue weighted by atomic mass is 10.2. The van der Waals surface area contributed by atoms with Crippen LogP contribution in [-0.2, 0) is 9.09 Å². The molecule has 0 aliphatic heterocycles. The highest BCUT2D eigenvalue weighted by atomic mass is 31.2. The number of rotatable bonds is 9. The number of phosphoric acid groups is 1. The maximum absolute atomic E-state index is 10.9. The molecule has 0 saturated carbocycles. The van der Waals surface area contributed by atoms with E-state index in [-0.39, 0.29) is 0 Å². The van der Waals surface area contributed by atoms with Gasteiger partial charge in [-0.05, 0) is 33.6 Å². The summed E-state index contributed by atoms with van der Waals surface area (Å²) in [7, 11) is -4.98. The number of hydrogen-bond acceptors (Lipinski definition) is 4. The molecule has 0 rings (SSSR count). The van der Waals surface area contributed by atoms with Crippen LogP contribution in [0.5, 0.6) is 0 Å². The summed E-state index contributed by atoms with van der Waals surface area (Å²) >= 11 is 0. The van der Waals surface area contributed by atoms with Gasteiger partial charge in [0.25, 0.3) is 0 Å². The van der Waals surface area contributed by atoms with Gasteiger partial charge in [0.2, 0.25) is 0 Å². The van der Waals surface area contributed by atoms with Crippen LogP contribution in [0.25, 0.3) is 0 Å². The van der Waals surface area contributed by atoms with E-state index in [0.717, 1.165) is 43.5 Å². The third-order valence-electron chi connectivity index (χ3n) is 3.54. The number of carbonyl (C=O) groups excluding carboxylic acids is 1. The second-order valence-electron chi connectivity index (χ2n) is 4.50. The Morgan fingerprint density at radius 1 is 1.26 bits per heavy atom. The van der Waals surface area contributed by atoms with E-state index in [9.17, 15) is 14.3 Å². The topological polar surface area (TPSA) is 98.7 Å². The average Bonchev–Trinajstić information content (AvgIpc) is 2.32. The molecule has 7 nitrogen and oxygen atoms in total. The minimum Gasteiger partial charge on any atom is -0.746 e. The Kier molecular flexibility index (Phi) is 8.25. The summed E-state index contributed by atoms with van der Waals surface area (Å²) in [4.78, 5) is 29.5. The van der Waals surface area contributed by atoms with Crippen LogP contribution in [0.4, 0.5) is 4.79 Å². The lowest BCUT2D eigenvalue weighted by Crippen LogP contribution is -2.48. The van der Waals surface area contributed by atoms with Crippen molar-refractivity contribution in [3.05, 3.63) is 0 Å². The van der Waals surface area contributed by atoms with Crippen molar-refractivity contribution in [3.63, 3.8) is 0 Å². The summed E-state index contributed by atoms with van der Waals surface area (Å²) in [5.41, 5.74) is 0. The van der Waals surface area contributed by atoms with Crippen molar-refractivity contribution in [2.24, 2.45) is 0 Å². The van der Waals surface area contributed by atoms with E-state index in [1.807, 2.05) is 0 Å². The first-order valence-corrected chi connectivity index (χ1v) is 8.14. The van der Waals surface area contributed by atoms with E-state index in [1.54, 1.807) is 0 Å². The lowest BCUT2D eigenvalue weighted by Gasteiger charge is -2.35. The molecule has 0 aromatic heterocycles. The van der Waals surface area contributed by atoms with Crippen LogP contribution >= 0.6 is 7.82 Å². The number of carbonyl (C=O) groups is 1. The molecule has 8 heteroatoms. The van der Waals surface area contributed by atoms with Gasteiger partial charge in [-0.15, -0.1) is 0 Å². The number of amides is 1. The Morgan fingerprint density at radius 3 is 2.21 bits per heavy atom. The molecule has 114 valence electrons. The second kappa shape index (κ2) is 8.53. The molecule has 0 aliphatic carbocycles. The minimum absolute atomic E-state index is 0.329. The normalized spacial score (nSPS) is 14.8. The molecule has 0 saturated heterocycles. The Hall–Kier alpha value is -0.620. The SMILES string of the molecule is CC[N+](CC)(CC)CCCCNC(=O)OP(=O)([O-])O. The summed E-state index contributed by atoms with van der Waals surface area (Å²) in [6.45, 7) is 11.1. The minimum atomic E-state index is -4.98. The number of quaternary nitrogens is 1. The van der Waals surface area contributed by atoms with Crippen molar-refractivity contribution >= 4 is 13.9 Å². The quantitative estimate of drug-likeness (QED) is 0.373. The Morgan fingerprint density at radius 2 is 1.79 bits per heavy atom. The fourth-order valence-electron chi connectivity index (χ4n) is 2.04. The van der Waals surface area contributed by atoms with Gasteiger partial charge in [0.05, 0.1) is 26.2 Å². The van der Waals surface area contributed by atoms with E-state index < -0.39 is 13.9 Å². The van der Waals surface area contributed by atoms with Crippen molar-refractivity contribution in [1.82, 2.24) is 5.32 Å². The molecule has 0 radical (unpaired) electrons. The summed E-state index contributed by atoms with van der Waals surface area (Å²) in [5, 5.41) is 2.28. The van der Waals surface area contributed by atoms with Crippen molar-refractivity contribution in [3.8, 4) is 0 Å². The molecule has 0 aromatic carbocycles. The Labute approximate surface area is 114 Å². The molecule has 0 aliphatic rings. The molecule has 0 fully saturated rings. The average molecular weight is 296 g/mol. The van der Waals surface area contributed by atoms with Gasteiger partial charge >= 0.3 is 13.9 Å². The monoisotopic (exact) mass is 296 g/mol. The largest absolute Gasteiger partial charge is 0.746 e. The van der Waals surface area contributed by atoms with Gasteiger partial charge in [-0.3, -0.25) is 4.57 Å². The molecular formula is C11H25N2O5P. The molecular weight excluding hydrogens is 271 g/mol. The first-order chi connectivity index (χ1) is 8.78. The smallest absolute Gasteiger partial charge is 0.412 e. The van der Waals surface area contributed by atoms with Gasteiger partial charge in [-0.1, -0.05) is 0 Å². The van der Waals surface area contributed by atoms with Crippen molar-refractivity contribution in [2.75, 3.05) is 32.7 Å². The van der Waals surface area contributed by atoms with Crippen molar-refractivity contribution < 1.29 is 28.2 Å². The van der Waals surface area contributed by atoms with Gasteiger partial charge < -0.3 is 24.1 Å². The molecule has 1 unspecified atom stereocenters. The molecule has 0 bridgehead atoms. The van der Waals surface area contributed by atoms with Crippen LogP contribution < -0.4 is 10.2 Å². The lowest BCUT2D eigenvalue weighted by molar-refractivity contribution is -0.923. The standard InChI is InChI=1S/C11H25N2O5P/c1-4-13(5-2,6-3)10-8-7-9-12-11(14)18-19(15,16)17/h4-10H2,1-3H3,(H2-,12,14,15,16,17). The summed E-state index contributed by atoms with van der Waals surface area (Å²) in [5.74, 6) is 0. The first-order valence-electron chi connectivity index (χ1n) is 6.65. The van der Waals surface area contributed by atoms with Crippen LogP contribution in [0.2, 0.25) is 0 Å². The highest BCUT2D eigenvalue weighted by Gasteiger charge is 2.19. The van der Waals surface area contributed by atoms with E-state index in [4.69, 9.17) is 4.89 Å². The number of nitrogens with zero attached hydrogens (tertiary/aromatic N) is 1. The third kappa shape index (κ3) is 8.21. The van der Waals surface area contributed by atoms with E-state index in [1.165, 1.54) is 0 Å². The van der Waals surface area contributed by atoms with E-state index in [2.05, 4.69) is 30.6 Å².